The number of nitrogens with one attached hydrogen (secondary N) is 1. The number of benzene rings is 1. The normalized spacial score (nSPS) is 12.4. The second kappa shape index (κ2) is 5.17. The van der Waals surface area contributed by atoms with E-state index in [0.717, 1.165) is 22.2 Å². The summed E-state index contributed by atoms with van der Waals surface area (Å²) in [4.78, 5) is 18.6. The van der Waals surface area contributed by atoms with Crippen molar-refractivity contribution in [3.8, 4) is 0 Å². The van der Waals surface area contributed by atoms with Gasteiger partial charge in [0.1, 0.15) is 5.65 Å². The van der Waals surface area contributed by atoms with Gasteiger partial charge in [0.05, 0.1) is 6.42 Å². The van der Waals surface area contributed by atoms with Crippen LogP contribution in [0.2, 0.25) is 0 Å². The minimum absolute atomic E-state index is 0.0614. The third kappa shape index (κ3) is 2.28. The van der Waals surface area contributed by atoms with Crippen molar-refractivity contribution in [3.05, 3.63) is 66.0 Å². The van der Waals surface area contributed by atoms with E-state index in [9.17, 15) is 9.90 Å². The van der Waals surface area contributed by atoms with Crippen molar-refractivity contribution in [1.29, 1.82) is 0 Å². The summed E-state index contributed by atoms with van der Waals surface area (Å²) in [5.74, 6) is -0.983. The first-order chi connectivity index (χ1) is 9.75. The molecule has 0 radical (unpaired) electrons. The molecular formula is C16H14N2O2. The van der Waals surface area contributed by atoms with Gasteiger partial charge in [0.15, 0.2) is 0 Å². The fraction of sp³-hybridized carbons (Fsp3) is 0.125. The zero-order valence-corrected chi connectivity index (χ0v) is 10.8. The van der Waals surface area contributed by atoms with Crippen LogP contribution in [0.25, 0.3) is 11.0 Å². The Morgan fingerprint density at radius 3 is 2.75 bits per heavy atom. The molecule has 0 fully saturated rings. The minimum Gasteiger partial charge on any atom is -0.481 e. The van der Waals surface area contributed by atoms with E-state index >= 15 is 0 Å². The second-order valence-corrected chi connectivity index (χ2v) is 4.70. The number of aromatic amines is 1. The van der Waals surface area contributed by atoms with Crippen LogP contribution in [0.15, 0.2) is 54.9 Å². The van der Waals surface area contributed by atoms with Crippen molar-refractivity contribution in [2.75, 3.05) is 0 Å². The van der Waals surface area contributed by atoms with Crippen molar-refractivity contribution in [3.63, 3.8) is 0 Å². The molecule has 1 atom stereocenters. The van der Waals surface area contributed by atoms with Crippen molar-refractivity contribution >= 4 is 17.0 Å². The van der Waals surface area contributed by atoms with Crippen molar-refractivity contribution in [2.24, 2.45) is 0 Å². The molecule has 0 amide bonds. The smallest absolute Gasteiger partial charge is 0.304 e. The SMILES string of the molecule is O=C(O)CC(c1ccccc1)c1c[nH]c2ncccc12. The number of carbonyl (C=O) groups is 1. The van der Waals surface area contributed by atoms with Crippen molar-refractivity contribution in [2.45, 2.75) is 12.3 Å². The number of rotatable bonds is 4. The van der Waals surface area contributed by atoms with Crippen molar-refractivity contribution in [1.82, 2.24) is 9.97 Å². The lowest BCUT2D eigenvalue weighted by Crippen LogP contribution is -2.07. The van der Waals surface area contributed by atoms with Crippen LogP contribution in [0.1, 0.15) is 23.5 Å². The summed E-state index contributed by atoms with van der Waals surface area (Å²) in [7, 11) is 0. The Hall–Kier alpha value is -2.62. The topological polar surface area (TPSA) is 66.0 Å². The lowest BCUT2D eigenvalue weighted by molar-refractivity contribution is -0.137. The van der Waals surface area contributed by atoms with Gasteiger partial charge in [0.2, 0.25) is 0 Å². The van der Waals surface area contributed by atoms with Gasteiger partial charge in [0.25, 0.3) is 0 Å². The summed E-state index contributed by atoms with van der Waals surface area (Å²) in [6.07, 6.45) is 3.64. The Labute approximate surface area is 116 Å². The molecule has 0 aliphatic rings. The van der Waals surface area contributed by atoms with Gasteiger partial charge >= 0.3 is 5.97 Å². The number of aliphatic carboxylic acids is 1. The van der Waals surface area contributed by atoms with Gasteiger partial charge in [-0.05, 0) is 23.3 Å². The molecule has 2 heterocycles. The quantitative estimate of drug-likeness (QED) is 0.762. The molecule has 0 aliphatic heterocycles. The van der Waals surface area contributed by atoms with Gasteiger partial charge in [-0.15, -0.1) is 0 Å². The number of pyridine rings is 1. The van der Waals surface area contributed by atoms with Crippen LogP contribution < -0.4 is 0 Å². The van der Waals surface area contributed by atoms with E-state index < -0.39 is 5.97 Å². The van der Waals surface area contributed by atoms with E-state index in [4.69, 9.17) is 0 Å². The molecule has 0 saturated carbocycles. The van der Waals surface area contributed by atoms with E-state index in [1.165, 1.54) is 0 Å². The first-order valence-electron chi connectivity index (χ1n) is 6.44. The van der Waals surface area contributed by atoms with Crippen LogP contribution in [0.5, 0.6) is 0 Å². The molecule has 0 bridgehead atoms. The molecule has 20 heavy (non-hydrogen) atoms. The maximum Gasteiger partial charge on any atom is 0.304 e. The molecule has 100 valence electrons. The van der Waals surface area contributed by atoms with Crippen LogP contribution in [-0.2, 0) is 4.79 Å². The average Bonchev–Trinajstić information content (AvgIpc) is 2.89. The molecule has 1 aromatic carbocycles. The van der Waals surface area contributed by atoms with E-state index in [2.05, 4.69) is 9.97 Å². The summed E-state index contributed by atoms with van der Waals surface area (Å²) < 4.78 is 0. The maximum atomic E-state index is 11.2. The first kappa shape index (κ1) is 12.4. The summed E-state index contributed by atoms with van der Waals surface area (Å²) in [5, 5.41) is 10.2. The first-order valence-corrected chi connectivity index (χ1v) is 6.44. The minimum atomic E-state index is -0.808. The Kier molecular flexibility index (Phi) is 3.21. The number of carboxylic acids is 1. The third-order valence-corrected chi connectivity index (χ3v) is 3.44. The fourth-order valence-electron chi connectivity index (χ4n) is 2.53. The number of nitrogens with zero attached hydrogens (tertiary/aromatic N) is 1. The highest BCUT2D eigenvalue weighted by Crippen LogP contribution is 2.32. The zero-order valence-electron chi connectivity index (χ0n) is 10.8. The lowest BCUT2D eigenvalue weighted by atomic mass is 9.89. The van der Waals surface area contributed by atoms with E-state index in [1.54, 1.807) is 6.20 Å². The lowest BCUT2D eigenvalue weighted by Gasteiger charge is -2.14. The van der Waals surface area contributed by atoms with Crippen LogP contribution in [0, 0.1) is 0 Å². The second-order valence-electron chi connectivity index (χ2n) is 4.70. The maximum absolute atomic E-state index is 11.2. The number of fused-ring (bicyclic) bond motifs is 1. The van der Waals surface area contributed by atoms with Gasteiger partial charge in [-0.25, -0.2) is 4.98 Å². The van der Waals surface area contributed by atoms with Gasteiger partial charge < -0.3 is 10.1 Å². The molecule has 4 heteroatoms. The summed E-state index contributed by atoms with van der Waals surface area (Å²) >= 11 is 0. The third-order valence-electron chi connectivity index (χ3n) is 3.44. The number of aromatic nitrogens is 2. The summed E-state index contributed by atoms with van der Waals surface area (Å²) in [5.41, 5.74) is 2.76. The highest BCUT2D eigenvalue weighted by atomic mass is 16.4. The van der Waals surface area contributed by atoms with Crippen LogP contribution in [0.3, 0.4) is 0 Å². The highest BCUT2D eigenvalue weighted by Gasteiger charge is 2.21. The predicted molar refractivity (Wildman–Crippen MR) is 76.6 cm³/mol. The summed E-state index contributed by atoms with van der Waals surface area (Å²) in [6.45, 7) is 0. The fourth-order valence-corrected chi connectivity index (χ4v) is 2.53. The Bertz CT molecular complexity index is 734. The number of hydrogen-bond acceptors (Lipinski definition) is 2. The number of hydrogen-bond donors (Lipinski definition) is 2. The summed E-state index contributed by atoms with van der Waals surface area (Å²) in [6, 6.07) is 13.5. The molecular weight excluding hydrogens is 252 g/mol. The molecule has 3 rings (SSSR count). The molecule has 0 saturated heterocycles. The van der Waals surface area contributed by atoms with Gasteiger partial charge in [-0.1, -0.05) is 30.3 Å². The van der Waals surface area contributed by atoms with Crippen LogP contribution in [-0.4, -0.2) is 21.0 Å². The molecule has 0 spiro atoms. The molecule has 2 aromatic heterocycles. The molecule has 0 aliphatic carbocycles. The van der Waals surface area contributed by atoms with Gasteiger partial charge in [0, 0.05) is 23.7 Å². The van der Waals surface area contributed by atoms with E-state index in [-0.39, 0.29) is 12.3 Å². The number of carboxylic acid groups (broad SMARTS) is 1. The predicted octanol–water partition coefficient (Wildman–Crippen LogP) is 3.17. The van der Waals surface area contributed by atoms with Gasteiger partial charge in [-0.3, -0.25) is 4.79 Å². The van der Waals surface area contributed by atoms with Crippen LogP contribution >= 0.6 is 0 Å². The highest BCUT2D eigenvalue weighted by molar-refractivity contribution is 5.82. The molecule has 1 unspecified atom stereocenters. The van der Waals surface area contributed by atoms with E-state index in [1.807, 2.05) is 48.7 Å². The molecule has 3 aromatic rings. The molecule has 4 nitrogen and oxygen atoms in total. The van der Waals surface area contributed by atoms with Crippen molar-refractivity contribution < 1.29 is 9.90 Å². The monoisotopic (exact) mass is 266 g/mol. The largest absolute Gasteiger partial charge is 0.481 e. The zero-order chi connectivity index (χ0) is 13.9. The number of H-pyrrole nitrogens is 1. The average molecular weight is 266 g/mol. The van der Waals surface area contributed by atoms with Crippen LogP contribution in [0.4, 0.5) is 0 Å². The standard InChI is InChI=1S/C16H14N2O2/c19-15(20)9-13(11-5-2-1-3-6-11)14-10-18-16-12(14)7-4-8-17-16/h1-8,10,13H,9H2,(H,17,18)(H,19,20). The Morgan fingerprint density at radius 1 is 1.20 bits per heavy atom. The van der Waals surface area contributed by atoms with Gasteiger partial charge in [-0.2, -0.15) is 0 Å². The Morgan fingerprint density at radius 2 is 2.00 bits per heavy atom. The Balaban J connectivity index is 2.12. The van der Waals surface area contributed by atoms with E-state index in [0.29, 0.717) is 0 Å². The molecule has 2 N–H and O–H groups in total.